The lowest BCUT2D eigenvalue weighted by molar-refractivity contribution is 0.412. The minimum absolute atomic E-state index is 0.0869. The third-order valence-corrected chi connectivity index (χ3v) is 4.73. The Balaban J connectivity index is 2.45. The molecule has 1 unspecified atom stereocenters. The van der Waals surface area contributed by atoms with Gasteiger partial charge in [-0.1, -0.05) is 46.6 Å². The van der Waals surface area contributed by atoms with Crippen molar-refractivity contribution >= 4 is 43.5 Å². The van der Waals surface area contributed by atoms with Crippen molar-refractivity contribution in [2.45, 2.75) is 13.0 Å². The lowest BCUT2D eigenvalue weighted by Crippen LogP contribution is -2.22. The van der Waals surface area contributed by atoms with E-state index in [0.717, 1.165) is 37.4 Å². The second-order valence-electron chi connectivity index (χ2n) is 4.55. The van der Waals surface area contributed by atoms with E-state index in [0.29, 0.717) is 0 Å². The Bertz CT molecular complexity index is 634. The molecule has 0 bridgehead atoms. The highest BCUT2D eigenvalue weighted by Crippen LogP contribution is 2.34. The normalized spacial score (nSPS) is 12.2. The first-order chi connectivity index (χ1) is 10.1. The van der Waals surface area contributed by atoms with Gasteiger partial charge in [-0.15, -0.1) is 0 Å². The Morgan fingerprint density at radius 2 is 1.90 bits per heavy atom. The second kappa shape index (κ2) is 7.63. The van der Waals surface area contributed by atoms with Gasteiger partial charge in [-0.25, -0.2) is 0 Å². The molecule has 0 saturated heterocycles. The van der Waals surface area contributed by atoms with E-state index in [4.69, 9.17) is 16.3 Å². The third kappa shape index (κ3) is 4.01. The van der Waals surface area contributed by atoms with Gasteiger partial charge in [0.05, 0.1) is 17.6 Å². The zero-order valence-corrected chi connectivity index (χ0v) is 15.7. The van der Waals surface area contributed by atoms with Crippen molar-refractivity contribution in [3.8, 4) is 5.75 Å². The van der Waals surface area contributed by atoms with Crippen LogP contribution < -0.4 is 10.1 Å². The molecule has 1 N–H and O–H groups in total. The molecule has 0 aliphatic rings. The summed E-state index contributed by atoms with van der Waals surface area (Å²) in [4.78, 5) is 0. The van der Waals surface area contributed by atoms with Gasteiger partial charge in [-0.3, -0.25) is 0 Å². The molecule has 0 heterocycles. The van der Waals surface area contributed by atoms with Crippen LogP contribution in [0.5, 0.6) is 5.75 Å². The van der Waals surface area contributed by atoms with Crippen molar-refractivity contribution < 1.29 is 4.74 Å². The zero-order chi connectivity index (χ0) is 15.4. The summed E-state index contributed by atoms with van der Waals surface area (Å²) in [6.07, 6.45) is 0. The number of hydrogen-bond acceptors (Lipinski definition) is 2. The fourth-order valence-corrected chi connectivity index (χ4v) is 3.68. The van der Waals surface area contributed by atoms with Gasteiger partial charge in [0.25, 0.3) is 0 Å². The molecule has 2 nitrogen and oxygen atoms in total. The van der Waals surface area contributed by atoms with Gasteiger partial charge in [-0.2, -0.15) is 0 Å². The molecule has 0 aliphatic carbocycles. The monoisotopic (exact) mass is 431 g/mol. The maximum absolute atomic E-state index is 6.04. The average Bonchev–Trinajstić information content (AvgIpc) is 2.45. The van der Waals surface area contributed by atoms with E-state index in [-0.39, 0.29) is 6.04 Å². The molecular weight excluding hydrogens is 417 g/mol. The maximum Gasteiger partial charge on any atom is 0.133 e. The molecule has 1 atom stereocenters. The molecule has 5 heteroatoms. The maximum atomic E-state index is 6.04. The van der Waals surface area contributed by atoms with E-state index in [1.807, 2.05) is 24.3 Å². The molecule has 21 heavy (non-hydrogen) atoms. The Morgan fingerprint density at radius 1 is 1.14 bits per heavy atom. The zero-order valence-electron chi connectivity index (χ0n) is 11.8. The molecule has 0 radical (unpaired) electrons. The standard InChI is InChI=1S/C16H16Br2ClNO/c1-3-20-16(12-6-5-11(19)9-13(12)17)10-4-7-15(21-2)14(18)8-10/h4-9,16,20H,3H2,1-2H3. The van der Waals surface area contributed by atoms with Gasteiger partial charge in [0, 0.05) is 9.50 Å². The van der Waals surface area contributed by atoms with E-state index in [2.05, 4.69) is 56.2 Å². The van der Waals surface area contributed by atoms with Crippen molar-refractivity contribution in [2.75, 3.05) is 13.7 Å². The Hall–Kier alpha value is -0.550. The summed E-state index contributed by atoms with van der Waals surface area (Å²) >= 11 is 13.2. The van der Waals surface area contributed by atoms with Crippen molar-refractivity contribution in [3.05, 3.63) is 61.5 Å². The molecule has 0 spiro atoms. The van der Waals surface area contributed by atoms with Crippen LogP contribution in [0.25, 0.3) is 0 Å². The number of halogens is 3. The molecule has 0 amide bonds. The van der Waals surface area contributed by atoms with E-state index >= 15 is 0 Å². The highest BCUT2D eigenvalue weighted by molar-refractivity contribution is 9.10. The Labute approximate surface area is 147 Å². The number of rotatable bonds is 5. The average molecular weight is 434 g/mol. The quantitative estimate of drug-likeness (QED) is 0.665. The van der Waals surface area contributed by atoms with Crippen LogP contribution in [0.2, 0.25) is 5.02 Å². The molecule has 0 fully saturated rings. The largest absolute Gasteiger partial charge is 0.496 e. The molecule has 0 aromatic heterocycles. The fraction of sp³-hybridized carbons (Fsp3) is 0.250. The summed E-state index contributed by atoms with van der Waals surface area (Å²) < 4.78 is 7.22. The van der Waals surface area contributed by atoms with E-state index in [1.165, 1.54) is 0 Å². The van der Waals surface area contributed by atoms with Crippen LogP contribution in [0.15, 0.2) is 45.3 Å². The van der Waals surface area contributed by atoms with Crippen LogP contribution in [0.3, 0.4) is 0 Å². The number of benzene rings is 2. The molecule has 2 rings (SSSR count). The van der Waals surface area contributed by atoms with Crippen molar-refractivity contribution in [1.29, 1.82) is 0 Å². The first kappa shape index (κ1) is 16.8. The van der Waals surface area contributed by atoms with Gasteiger partial charge < -0.3 is 10.1 Å². The first-order valence-corrected chi connectivity index (χ1v) is 8.55. The number of nitrogens with one attached hydrogen (secondary N) is 1. The van der Waals surface area contributed by atoms with Crippen LogP contribution in [0.4, 0.5) is 0 Å². The van der Waals surface area contributed by atoms with Crippen molar-refractivity contribution in [2.24, 2.45) is 0 Å². The second-order valence-corrected chi connectivity index (χ2v) is 6.70. The van der Waals surface area contributed by atoms with E-state index in [1.54, 1.807) is 7.11 Å². The fourth-order valence-electron chi connectivity index (χ4n) is 2.21. The minimum atomic E-state index is 0.0869. The Kier molecular flexibility index (Phi) is 6.11. The van der Waals surface area contributed by atoms with E-state index < -0.39 is 0 Å². The summed E-state index contributed by atoms with van der Waals surface area (Å²) in [6.45, 7) is 2.96. The van der Waals surface area contributed by atoms with Crippen LogP contribution in [-0.2, 0) is 0 Å². The third-order valence-electron chi connectivity index (χ3n) is 3.19. The van der Waals surface area contributed by atoms with Gasteiger partial charge >= 0.3 is 0 Å². The summed E-state index contributed by atoms with van der Waals surface area (Å²) in [6, 6.07) is 12.1. The van der Waals surface area contributed by atoms with Crippen LogP contribution in [-0.4, -0.2) is 13.7 Å². The molecule has 112 valence electrons. The molecule has 0 saturated carbocycles. The highest BCUT2D eigenvalue weighted by Gasteiger charge is 2.17. The predicted octanol–water partition coefficient (Wildman–Crippen LogP) is 5.57. The number of methoxy groups -OCH3 is 1. The smallest absolute Gasteiger partial charge is 0.133 e. The van der Waals surface area contributed by atoms with Crippen LogP contribution in [0.1, 0.15) is 24.1 Å². The number of hydrogen-bond donors (Lipinski definition) is 1. The lowest BCUT2D eigenvalue weighted by Gasteiger charge is -2.21. The van der Waals surface area contributed by atoms with Crippen molar-refractivity contribution in [3.63, 3.8) is 0 Å². The van der Waals surface area contributed by atoms with Gasteiger partial charge in [0.1, 0.15) is 5.75 Å². The molecular formula is C16H16Br2ClNO. The van der Waals surface area contributed by atoms with Crippen LogP contribution in [0, 0.1) is 0 Å². The van der Waals surface area contributed by atoms with Crippen molar-refractivity contribution in [1.82, 2.24) is 5.32 Å². The SMILES string of the molecule is CCNC(c1ccc(OC)c(Br)c1)c1ccc(Cl)cc1Br. The first-order valence-electron chi connectivity index (χ1n) is 6.58. The summed E-state index contributed by atoms with van der Waals surface area (Å²) in [5, 5.41) is 4.22. The van der Waals surface area contributed by atoms with Gasteiger partial charge in [0.15, 0.2) is 0 Å². The summed E-state index contributed by atoms with van der Waals surface area (Å²) in [5.74, 6) is 0.823. The van der Waals surface area contributed by atoms with Crippen LogP contribution >= 0.6 is 43.5 Å². The summed E-state index contributed by atoms with van der Waals surface area (Å²) in [5.41, 5.74) is 2.31. The lowest BCUT2D eigenvalue weighted by atomic mass is 9.98. The molecule has 2 aromatic rings. The summed E-state index contributed by atoms with van der Waals surface area (Å²) in [7, 11) is 1.66. The topological polar surface area (TPSA) is 21.3 Å². The molecule has 0 aliphatic heterocycles. The highest BCUT2D eigenvalue weighted by atomic mass is 79.9. The predicted molar refractivity (Wildman–Crippen MR) is 95.4 cm³/mol. The number of ether oxygens (including phenoxy) is 1. The Morgan fingerprint density at radius 3 is 2.48 bits per heavy atom. The minimum Gasteiger partial charge on any atom is -0.496 e. The molecule has 2 aromatic carbocycles. The van der Waals surface area contributed by atoms with Gasteiger partial charge in [-0.05, 0) is 57.9 Å². The van der Waals surface area contributed by atoms with E-state index in [9.17, 15) is 0 Å². The van der Waals surface area contributed by atoms with Gasteiger partial charge in [0.2, 0.25) is 0 Å².